The molecule has 3 heterocycles. The number of thiophene rings is 1. The van der Waals surface area contributed by atoms with Crippen LogP contribution in [-0.2, 0) is 11.3 Å². The molecule has 148 valence electrons. The van der Waals surface area contributed by atoms with Gasteiger partial charge in [0.25, 0.3) is 5.56 Å². The van der Waals surface area contributed by atoms with Crippen molar-refractivity contribution in [2.24, 2.45) is 0 Å². The van der Waals surface area contributed by atoms with Gasteiger partial charge < -0.3 is 4.74 Å². The first-order valence-corrected chi connectivity index (χ1v) is 10.2. The summed E-state index contributed by atoms with van der Waals surface area (Å²) in [4.78, 5) is 35.1. The number of esters is 1. The molecule has 4 rings (SSSR count). The molecular weight excluding hydrogens is 386 g/mol. The molecule has 6 nitrogen and oxygen atoms in total. The molecule has 0 N–H and O–H groups in total. The maximum atomic E-state index is 12.9. The summed E-state index contributed by atoms with van der Waals surface area (Å²) in [5.41, 5.74) is 3.39. The molecule has 0 radical (unpaired) electrons. The third kappa shape index (κ3) is 3.65. The van der Waals surface area contributed by atoms with E-state index in [0.717, 1.165) is 27.0 Å². The zero-order valence-corrected chi connectivity index (χ0v) is 17.5. The van der Waals surface area contributed by atoms with Gasteiger partial charge in [-0.15, -0.1) is 11.3 Å². The second-order valence-electron chi connectivity index (χ2n) is 7.42. The van der Waals surface area contributed by atoms with Crippen LogP contribution in [0.25, 0.3) is 20.4 Å². The van der Waals surface area contributed by atoms with E-state index in [0.29, 0.717) is 21.9 Å². The predicted molar refractivity (Wildman–Crippen MR) is 115 cm³/mol. The Balaban J connectivity index is 1.64. The summed E-state index contributed by atoms with van der Waals surface area (Å²) in [5.74, 6) is 0.289. The first-order valence-electron chi connectivity index (χ1n) is 9.40. The van der Waals surface area contributed by atoms with Crippen LogP contribution in [0, 0.1) is 13.8 Å². The topological polar surface area (TPSA) is 74.1 Å². The van der Waals surface area contributed by atoms with Crippen molar-refractivity contribution in [3.63, 3.8) is 0 Å². The van der Waals surface area contributed by atoms with E-state index in [9.17, 15) is 9.59 Å². The average molecular weight is 407 g/mol. The number of aromatic nitrogens is 3. The van der Waals surface area contributed by atoms with Gasteiger partial charge >= 0.3 is 5.97 Å². The summed E-state index contributed by atoms with van der Waals surface area (Å²) in [6.45, 7) is 7.86. The SMILES string of the molecule is Cc1cc(C)c2c(n1)sc1c(=O)n(CC(=O)Oc3cccc(C(C)C)c3)cnc12. The number of hydrogen-bond acceptors (Lipinski definition) is 6. The maximum Gasteiger partial charge on any atom is 0.331 e. The van der Waals surface area contributed by atoms with Gasteiger partial charge in [0.1, 0.15) is 21.8 Å². The molecule has 0 spiro atoms. The lowest BCUT2D eigenvalue weighted by atomic mass is 10.0. The molecule has 0 amide bonds. The maximum absolute atomic E-state index is 12.9. The lowest BCUT2D eigenvalue weighted by molar-refractivity contribution is -0.135. The van der Waals surface area contributed by atoms with E-state index in [-0.39, 0.29) is 12.1 Å². The molecule has 0 bridgehead atoms. The number of rotatable bonds is 4. The largest absolute Gasteiger partial charge is 0.425 e. The Morgan fingerprint density at radius 2 is 2.03 bits per heavy atom. The quantitative estimate of drug-likeness (QED) is 0.371. The van der Waals surface area contributed by atoms with E-state index in [1.807, 2.05) is 38.1 Å². The standard InChI is InChI=1S/C22H21N3O3S/c1-12(2)15-6-5-7-16(9-15)28-17(26)10-25-11-23-19-18-13(3)8-14(4)24-21(18)29-20(19)22(25)27/h5-9,11-12H,10H2,1-4H3. The zero-order chi connectivity index (χ0) is 20.7. The molecular formula is C22H21N3O3S. The van der Waals surface area contributed by atoms with Gasteiger partial charge in [-0.1, -0.05) is 26.0 Å². The Morgan fingerprint density at radius 3 is 2.79 bits per heavy atom. The van der Waals surface area contributed by atoms with E-state index < -0.39 is 5.97 Å². The van der Waals surface area contributed by atoms with Crippen LogP contribution in [0.4, 0.5) is 0 Å². The molecule has 0 saturated carbocycles. The number of ether oxygens (including phenoxy) is 1. The van der Waals surface area contributed by atoms with Crippen molar-refractivity contribution in [3.8, 4) is 5.75 Å². The molecule has 0 aliphatic carbocycles. The van der Waals surface area contributed by atoms with Crippen LogP contribution in [0.5, 0.6) is 5.75 Å². The fourth-order valence-corrected chi connectivity index (χ4v) is 4.55. The Hall–Kier alpha value is -3.06. The predicted octanol–water partition coefficient (Wildman–Crippen LogP) is 4.35. The number of pyridine rings is 1. The Kier molecular flexibility index (Phi) is 4.92. The molecule has 1 aromatic carbocycles. The summed E-state index contributed by atoms with van der Waals surface area (Å²) in [6, 6.07) is 9.40. The minimum atomic E-state index is -0.514. The molecule has 0 atom stereocenters. The monoisotopic (exact) mass is 407 g/mol. The van der Waals surface area contributed by atoms with Crippen molar-refractivity contribution in [2.45, 2.75) is 40.2 Å². The molecule has 0 saturated heterocycles. The van der Waals surface area contributed by atoms with Gasteiger partial charge in [-0.25, -0.2) is 14.8 Å². The molecule has 7 heteroatoms. The lowest BCUT2D eigenvalue weighted by Crippen LogP contribution is -2.26. The lowest BCUT2D eigenvalue weighted by Gasteiger charge is -2.09. The minimum Gasteiger partial charge on any atom is -0.425 e. The number of benzene rings is 1. The van der Waals surface area contributed by atoms with Gasteiger partial charge in [-0.2, -0.15) is 0 Å². The third-order valence-electron chi connectivity index (χ3n) is 4.80. The van der Waals surface area contributed by atoms with Crippen LogP contribution in [0.2, 0.25) is 0 Å². The Labute approximate surface area is 171 Å². The van der Waals surface area contributed by atoms with Gasteiger partial charge in [-0.05, 0) is 49.1 Å². The normalized spacial score (nSPS) is 11.5. The van der Waals surface area contributed by atoms with Crippen LogP contribution < -0.4 is 10.3 Å². The van der Waals surface area contributed by atoms with Gasteiger partial charge in [0.05, 0.1) is 11.8 Å². The van der Waals surface area contributed by atoms with Crippen molar-refractivity contribution in [2.75, 3.05) is 0 Å². The highest BCUT2D eigenvalue weighted by Gasteiger charge is 2.16. The van der Waals surface area contributed by atoms with Crippen LogP contribution in [0.1, 0.15) is 36.6 Å². The zero-order valence-electron chi connectivity index (χ0n) is 16.7. The number of hydrogen-bond donors (Lipinski definition) is 0. The van der Waals surface area contributed by atoms with E-state index in [4.69, 9.17) is 4.74 Å². The van der Waals surface area contributed by atoms with E-state index in [1.54, 1.807) is 6.07 Å². The molecule has 0 fully saturated rings. The Bertz CT molecular complexity index is 1300. The number of carbonyl (C=O) groups excluding carboxylic acids is 1. The minimum absolute atomic E-state index is 0.201. The van der Waals surface area contributed by atoms with Crippen LogP contribution in [0.3, 0.4) is 0 Å². The Morgan fingerprint density at radius 1 is 1.24 bits per heavy atom. The van der Waals surface area contributed by atoms with Crippen molar-refractivity contribution >= 4 is 37.7 Å². The van der Waals surface area contributed by atoms with Crippen LogP contribution in [0.15, 0.2) is 41.5 Å². The number of fused-ring (bicyclic) bond motifs is 3. The van der Waals surface area contributed by atoms with Gasteiger partial charge in [0.2, 0.25) is 0 Å². The summed E-state index contributed by atoms with van der Waals surface area (Å²) in [5, 5.41) is 0.896. The second-order valence-corrected chi connectivity index (χ2v) is 8.42. The summed E-state index contributed by atoms with van der Waals surface area (Å²) in [6.07, 6.45) is 1.40. The fourth-order valence-electron chi connectivity index (χ4n) is 3.35. The van der Waals surface area contributed by atoms with E-state index in [2.05, 4.69) is 23.8 Å². The van der Waals surface area contributed by atoms with Crippen molar-refractivity contribution in [3.05, 3.63) is 63.8 Å². The smallest absolute Gasteiger partial charge is 0.331 e. The van der Waals surface area contributed by atoms with Gasteiger partial charge in [0, 0.05) is 11.1 Å². The van der Waals surface area contributed by atoms with Gasteiger partial charge in [0.15, 0.2) is 0 Å². The number of aryl methyl sites for hydroxylation is 2. The summed E-state index contributed by atoms with van der Waals surface area (Å²) in [7, 11) is 0. The van der Waals surface area contributed by atoms with Crippen molar-refractivity contribution < 1.29 is 9.53 Å². The first-order chi connectivity index (χ1) is 13.8. The van der Waals surface area contributed by atoms with Gasteiger partial charge in [-0.3, -0.25) is 9.36 Å². The second kappa shape index (κ2) is 7.40. The highest BCUT2D eigenvalue weighted by atomic mass is 32.1. The molecule has 29 heavy (non-hydrogen) atoms. The van der Waals surface area contributed by atoms with Crippen LogP contribution in [-0.4, -0.2) is 20.5 Å². The van der Waals surface area contributed by atoms with E-state index in [1.165, 1.54) is 22.2 Å². The highest BCUT2D eigenvalue weighted by molar-refractivity contribution is 7.25. The number of nitrogens with zero attached hydrogens (tertiary/aromatic N) is 3. The molecule has 0 aliphatic heterocycles. The first kappa shape index (κ1) is 19.3. The average Bonchev–Trinajstić information content (AvgIpc) is 3.03. The fraction of sp³-hybridized carbons (Fsp3) is 0.273. The van der Waals surface area contributed by atoms with Crippen molar-refractivity contribution in [1.29, 1.82) is 0 Å². The summed E-state index contributed by atoms with van der Waals surface area (Å²) >= 11 is 1.31. The van der Waals surface area contributed by atoms with E-state index >= 15 is 0 Å². The molecule has 0 unspecified atom stereocenters. The number of carbonyl (C=O) groups is 1. The summed E-state index contributed by atoms with van der Waals surface area (Å²) < 4.78 is 7.22. The molecule has 3 aromatic heterocycles. The molecule has 4 aromatic rings. The molecule has 0 aliphatic rings. The van der Waals surface area contributed by atoms with Crippen molar-refractivity contribution in [1.82, 2.24) is 14.5 Å². The third-order valence-corrected chi connectivity index (χ3v) is 5.86. The van der Waals surface area contributed by atoms with Crippen LogP contribution >= 0.6 is 11.3 Å². The highest BCUT2D eigenvalue weighted by Crippen LogP contribution is 2.31.